The zero-order valence-electron chi connectivity index (χ0n) is 17.5. The SMILES string of the molecule is Cc1cc(-c2ccc(OC(F)(F)F)cc2F)ccc1C(O)(c1cncnc1)C(C)(C)C. The molecule has 0 aliphatic carbocycles. The number of hydrogen-bond acceptors (Lipinski definition) is 4. The number of alkyl halides is 3. The predicted molar refractivity (Wildman–Crippen MR) is 108 cm³/mol. The summed E-state index contributed by atoms with van der Waals surface area (Å²) in [6.07, 6.45) is -0.433. The van der Waals surface area contributed by atoms with E-state index in [9.17, 15) is 22.7 Å². The lowest BCUT2D eigenvalue weighted by atomic mass is 9.68. The Kier molecular flexibility index (Phi) is 5.80. The number of aliphatic hydroxyl groups is 1. The van der Waals surface area contributed by atoms with Crippen molar-refractivity contribution in [1.82, 2.24) is 9.97 Å². The number of benzene rings is 2. The smallest absolute Gasteiger partial charge is 0.406 e. The number of aryl methyl sites for hydroxylation is 1. The van der Waals surface area contributed by atoms with E-state index in [0.29, 0.717) is 28.3 Å². The Morgan fingerprint density at radius 1 is 0.935 bits per heavy atom. The topological polar surface area (TPSA) is 55.2 Å². The Hall–Kier alpha value is -3.00. The van der Waals surface area contributed by atoms with Crippen molar-refractivity contribution in [2.75, 3.05) is 0 Å². The lowest BCUT2D eigenvalue weighted by molar-refractivity contribution is -0.274. The van der Waals surface area contributed by atoms with Crippen molar-refractivity contribution in [3.63, 3.8) is 0 Å². The van der Waals surface area contributed by atoms with Gasteiger partial charge in [-0.3, -0.25) is 0 Å². The number of aromatic nitrogens is 2. The minimum Gasteiger partial charge on any atom is -0.406 e. The standard InChI is InChI=1S/C23H22F4N2O2/c1-14-9-15(18-7-6-17(10-20(18)24)31-23(25,26)27)5-8-19(14)22(30,21(2,3)4)16-11-28-13-29-12-16/h5-13,30H,1-4H3. The Labute approximate surface area is 177 Å². The minimum absolute atomic E-state index is 0.117. The lowest BCUT2D eigenvalue weighted by Crippen LogP contribution is -2.42. The summed E-state index contributed by atoms with van der Waals surface area (Å²) in [7, 11) is 0. The number of rotatable bonds is 4. The second-order valence-electron chi connectivity index (χ2n) is 8.31. The minimum atomic E-state index is -4.90. The molecule has 0 aliphatic heterocycles. The second-order valence-corrected chi connectivity index (χ2v) is 8.31. The molecule has 0 aliphatic rings. The van der Waals surface area contributed by atoms with Crippen molar-refractivity contribution >= 4 is 0 Å². The summed E-state index contributed by atoms with van der Waals surface area (Å²) in [4.78, 5) is 8.03. The highest BCUT2D eigenvalue weighted by Crippen LogP contribution is 2.46. The Bertz CT molecular complexity index is 1080. The summed E-state index contributed by atoms with van der Waals surface area (Å²) in [6, 6.07) is 7.96. The van der Waals surface area contributed by atoms with E-state index in [1.807, 2.05) is 20.8 Å². The van der Waals surface area contributed by atoms with Crippen molar-refractivity contribution in [3.05, 3.63) is 77.6 Å². The first-order valence-corrected chi connectivity index (χ1v) is 9.47. The van der Waals surface area contributed by atoms with Crippen LogP contribution in [0.4, 0.5) is 17.6 Å². The molecule has 0 bridgehead atoms. The van der Waals surface area contributed by atoms with Crippen LogP contribution in [0, 0.1) is 18.2 Å². The van der Waals surface area contributed by atoms with E-state index in [2.05, 4.69) is 14.7 Å². The largest absolute Gasteiger partial charge is 0.573 e. The summed E-state index contributed by atoms with van der Waals surface area (Å²) in [5, 5.41) is 11.8. The maximum absolute atomic E-state index is 14.5. The molecule has 8 heteroatoms. The second kappa shape index (κ2) is 7.92. The molecular weight excluding hydrogens is 412 g/mol. The zero-order valence-corrected chi connectivity index (χ0v) is 17.5. The summed E-state index contributed by atoms with van der Waals surface area (Å²) in [5.74, 6) is -1.48. The van der Waals surface area contributed by atoms with Crippen LogP contribution in [0.15, 0.2) is 55.1 Å². The molecular formula is C23H22F4N2O2. The van der Waals surface area contributed by atoms with Crippen molar-refractivity contribution in [3.8, 4) is 16.9 Å². The summed E-state index contributed by atoms with van der Waals surface area (Å²) in [5.41, 5.74) is 0.290. The van der Waals surface area contributed by atoms with Crippen LogP contribution in [0.5, 0.6) is 5.75 Å². The molecule has 31 heavy (non-hydrogen) atoms. The van der Waals surface area contributed by atoms with Gasteiger partial charge in [-0.05, 0) is 41.2 Å². The van der Waals surface area contributed by atoms with Crippen LogP contribution in [-0.2, 0) is 5.60 Å². The van der Waals surface area contributed by atoms with Crippen LogP contribution in [0.25, 0.3) is 11.1 Å². The Morgan fingerprint density at radius 3 is 2.10 bits per heavy atom. The molecule has 2 aromatic carbocycles. The van der Waals surface area contributed by atoms with E-state index < -0.39 is 28.9 Å². The fourth-order valence-corrected chi connectivity index (χ4v) is 3.64. The summed E-state index contributed by atoms with van der Waals surface area (Å²) in [6.45, 7) is 7.42. The molecule has 0 saturated heterocycles. The molecule has 0 amide bonds. The fourth-order valence-electron chi connectivity index (χ4n) is 3.64. The Balaban J connectivity index is 2.05. The maximum atomic E-state index is 14.5. The highest BCUT2D eigenvalue weighted by atomic mass is 19.4. The van der Waals surface area contributed by atoms with Gasteiger partial charge in [-0.25, -0.2) is 14.4 Å². The van der Waals surface area contributed by atoms with Crippen LogP contribution in [0.2, 0.25) is 0 Å². The average molecular weight is 434 g/mol. The van der Waals surface area contributed by atoms with Crippen LogP contribution in [0.1, 0.15) is 37.5 Å². The highest BCUT2D eigenvalue weighted by molar-refractivity contribution is 5.67. The molecule has 0 radical (unpaired) electrons. The van der Waals surface area contributed by atoms with Crippen molar-refractivity contribution < 1.29 is 27.4 Å². The molecule has 1 aromatic heterocycles. The van der Waals surface area contributed by atoms with Crippen molar-refractivity contribution in [1.29, 1.82) is 0 Å². The third-order valence-corrected chi connectivity index (χ3v) is 5.17. The lowest BCUT2D eigenvalue weighted by Gasteiger charge is -2.41. The van der Waals surface area contributed by atoms with Gasteiger partial charge in [0.15, 0.2) is 0 Å². The maximum Gasteiger partial charge on any atom is 0.573 e. The summed E-state index contributed by atoms with van der Waals surface area (Å²) < 4.78 is 55.4. The molecule has 0 spiro atoms. The van der Waals surface area contributed by atoms with E-state index in [1.165, 1.54) is 12.4 Å². The molecule has 1 heterocycles. The van der Waals surface area contributed by atoms with E-state index >= 15 is 0 Å². The number of halogens is 4. The van der Waals surface area contributed by atoms with Gasteiger partial charge in [0.25, 0.3) is 0 Å². The number of hydrogen-bond donors (Lipinski definition) is 1. The van der Waals surface area contributed by atoms with Gasteiger partial charge in [-0.1, -0.05) is 39.0 Å². The van der Waals surface area contributed by atoms with Crippen LogP contribution < -0.4 is 4.74 Å². The molecule has 4 nitrogen and oxygen atoms in total. The van der Waals surface area contributed by atoms with Gasteiger partial charge in [0, 0.05) is 29.6 Å². The van der Waals surface area contributed by atoms with Gasteiger partial charge in [-0.15, -0.1) is 13.2 Å². The monoisotopic (exact) mass is 434 g/mol. The van der Waals surface area contributed by atoms with Gasteiger partial charge in [0.2, 0.25) is 0 Å². The van der Waals surface area contributed by atoms with Gasteiger partial charge >= 0.3 is 6.36 Å². The molecule has 1 N–H and O–H groups in total. The van der Waals surface area contributed by atoms with Crippen molar-refractivity contribution in [2.45, 2.75) is 39.7 Å². The first kappa shape index (κ1) is 22.7. The number of ether oxygens (including phenoxy) is 1. The van der Waals surface area contributed by atoms with Gasteiger partial charge in [0.1, 0.15) is 23.5 Å². The molecule has 0 saturated carbocycles. The molecule has 0 fully saturated rings. The predicted octanol–water partition coefficient (Wildman–Crippen LogP) is 5.77. The van der Waals surface area contributed by atoms with Gasteiger partial charge in [-0.2, -0.15) is 0 Å². The van der Waals surface area contributed by atoms with Crippen LogP contribution in [-0.4, -0.2) is 21.4 Å². The van der Waals surface area contributed by atoms with E-state index in [-0.39, 0.29) is 5.56 Å². The van der Waals surface area contributed by atoms with Crippen LogP contribution >= 0.6 is 0 Å². The number of nitrogens with zero attached hydrogens (tertiary/aromatic N) is 2. The molecule has 1 unspecified atom stereocenters. The average Bonchev–Trinajstić information content (AvgIpc) is 2.66. The van der Waals surface area contributed by atoms with E-state index in [1.54, 1.807) is 37.5 Å². The quantitative estimate of drug-likeness (QED) is 0.530. The first-order valence-electron chi connectivity index (χ1n) is 9.47. The third-order valence-electron chi connectivity index (χ3n) is 5.17. The fraction of sp³-hybridized carbons (Fsp3) is 0.304. The summed E-state index contributed by atoms with van der Waals surface area (Å²) >= 11 is 0. The Morgan fingerprint density at radius 2 is 1.58 bits per heavy atom. The molecule has 3 rings (SSSR count). The molecule has 1 atom stereocenters. The normalized spacial score (nSPS) is 14.2. The van der Waals surface area contributed by atoms with Gasteiger partial charge < -0.3 is 9.84 Å². The van der Waals surface area contributed by atoms with Crippen molar-refractivity contribution in [2.24, 2.45) is 5.41 Å². The van der Waals surface area contributed by atoms with E-state index in [0.717, 1.165) is 6.07 Å². The first-order chi connectivity index (χ1) is 14.3. The third kappa shape index (κ3) is 4.54. The molecule has 164 valence electrons. The van der Waals surface area contributed by atoms with Gasteiger partial charge in [0.05, 0.1) is 0 Å². The zero-order chi connectivity index (χ0) is 23.0. The highest BCUT2D eigenvalue weighted by Gasteiger charge is 2.44. The molecule has 3 aromatic rings. The van der Waals surface area contributed by atoms with E-state index in [4.69, 9.17) is 0 Å². The van der Waals surface area contributed by atoms with Crippen LogP contribution in [0.3, 0.4) is 0 Å².